The van der Waals surface area contributed by atoms with Crippen molar-refractivity contribution in [3.63, 3.8) is 0 Å². The molecule has 2 saturated heterocycles. The molecular formula is C22H18Cl3NO4. The van der Waals surface area contributed by atoms with Gasteiger partial charge in [-0.15, -0.1) is 0 Å². The van der Waals surface area contributed by atoms with E-state index in [-0.39, 0.29) is 24.0 Å². The lowest BCUT2D eigenvalue weighted by Crippen LogP contribution is -2.36. The summed E-state index contributed by atoms with van der Waals surface area (Å²) in [6, 6.07) is 10.4. The lowest BCUT2D eigenvalue weighted by molar-refractivity contribution is -0.140. The second-order valence-corrected chi connectivity index (χ2v) is 8.54. The number of Topliss-reactive ketones (excluding diaryl/α,β-unsaturated/α-hetero) is 1. The van der Waals surface area contributed by atoms with Crippen molar-refractivity contribution in [2.75, 3.05) is 13.2 Å². The van der Waals surface area contributed by atoms with Crippen molar-refractivity contribution in [2.24, 2.45) is 0 Å². The summed E-state index contributed by atoms with van der Waals surface area (Å²) in [5, 5.41) is 12.2. The normalized spacial score (nSPS) is 23.4. The van der Waals surface area contributed by atoms with Crippen LogP contribution >= 0.6 is 34.8 Å². The third-order valence-electron chi connectivity index (χ3n) is 5.34. The summed E-state index contributed by atoms with van der Waals surface area (Å²) >= 11 is 18.4. The molecule has 2 fully saturated rings. The molecule has 0 aromatic heterocycles. The van der Waals surface area contributed by atoms with Crippen LogP contribution < -0.4 is 0 Å². The molecule has 2 aliphatic heterocycles. The van der Waals surface area contributed by atoms with Gasteiger partial charge in [0, 0.05) is 33.8 Å². The molecule has 2 heterocycles. The molecule has 30 heavy (non-hydrogen) atoms. The monoisotopic (exact) mass is 465 g/mol. The highest BCUT2D eigenvalue weighted by atomic mass is 35.5. The summed E-state index contributed by atoms with van der Waals surface area (Å²) < 4.78 is 5.67. The Morgan fingerprint density at radius 3 is 2.40 bits per heavy atom. The van der Waals surface area contributed by atoms with E-state index >= 15 is 0 Å². The highest BCUT2D eigenvalue weighted by molar-refractivity contribution is 6.47. The third kappa shape index (κ3) is 3.95. The van der Waals surface area contributed by atoms with Crippen molar-refractivity contribution in [1.29, 1.82) is 0 Å². The average molecular weight is 467 g/mol. The molecule has 156 valence electrons. The number of benzene rings is 2. The Balaban J connectivity index is 1.85. The predicted octanol–water partition coefficient (Wildman–Crippen LogP) is 5.25. The first-order chi connectivity index (χ1) is 14.4. The largest absolute Gasteiger partial charge is 0.507 e. The number of hydrogen-bond donors (Lipinski definition) is 1. The number of amides is 1. The maximum atomic E-state index is 13.0. The maximum Gasteiger partial charge on any atom is 0.295 e. The van der Waals surface area contributed by atoms with Crippen molar-refractivity contribution in [2.45, 2.75) is 25.0 Å². The SMILES string of the molecule is O=C1C(=O)N(CC2CCCO2)C(c2ccc(Cl)cc2Cl)/C1=C(\O)c1ccc(Cl)cc1. The number of ether oxygens (including phenoxy) is 1. The van der Waals surface area contributed by atoms with Gasteiger partial charge in [0.25, 0.3) is 11.7 Å². The smallest absolute Gasteiger partial charge is 0.295 e. The summed E-state index contributed by atoms with van der Waals surface area (Å²) in [5.41, 5.74) is 0.864. The highest BCUT2D eigenvalue weighted by Crippen LogP contribution is 2.43. The van der Waals surface area contributed by atoms with Crippen LogP contribution in [0.5, 0.6) is 0 Å². The Morgan fingerprint density at radius 1 is 1.07 bits per heavy atom. The van der Waals surface area contributed by atoms with Gasteiger partial charge in [-0.1, -0.05) is 40.9 Å². The van der Waals surface area contributed by atoms with Crippen LogP contribution in [0.1, 0.15) is 30.0 Å². The minimum Gasteiger partial charge on any atom is -0.507 e. The Bertz CT molecular complexity index is 1030. The molecule has 0 bridgehead atoms. The van der Waals surface area contributed by atoms with Gasteiger partial charge >= 0.3 is 0 Å². The molecule has 1 N–H and O–H groups in total. The van der Waals surface area contributed by atoms with Gasteiger partial charge in [0.15, 0.2) is 0 Å². The van der Waals surface area contributed by atoms with Crippen LogP contribution in [-0.4, -0.2) is 41.0 Å². The number of carbonyl (C=O) groups is 2. The topological polar surface area (TPSA) is 66.8 Å². The molecule has 2 unspecified atom stereocenters. The van der Waals surface area contributed by atoms with Crippen LogP contribution in [-0.2, 0) is 14.3 Å². The third-order valence-corrected chi connectivity index (χ3v) is 6.15. The van der Waals surface area contributed by atoms with E-state index in [1.807, 2.05) is 0 Å². The molecule has 0 aliphatic carbocycles. The number of aliphatic hydroxyl groups is 1. The van der Waals surface area contributed by atoms with E-state index in [0.29, 0.717) is 32.8 Å². The molecule has 1 amide bonds. The maximum absolute atomic E-state index is 13.0. The van der Waals surface area contributed by atoms with Crippen molar-refractivity contribution in [3.05, 3.63) is 74.2 Å². The lowest BCUT2D eigenvalue weighted by atomic mass is 9.95. The zero-order valence-corrected chi connectivity index (χ0v) is 18.0. The number of carbonyl (C=O) groups excluding carboxylic acids is 2. The molecule has 0 radical (unpaired) electrons. The van der Waals surface area contributed by atoms with Crippen molar-refractivity contribution in [1.82, 2.24) is 4.90 Å². The second-order valence-electron chi connectivity index (χ2n) is 7.26. The van der Waals surface area contributed by atoms with Crippen molar-refractivity contribution >= 4 is 52.3 Å². The molecule has 8 heteroatoms. The van der Waals surface area contributed by atoms with Crippen molar-refractivity contribution < 1.29 is 19.4 Å². The van der Waals surface area contributed by atoms with Crippen LogP contribution in [0.2, 0.25) is 15.1 Å². The van der Waals surface area contributed by atoms with E-state index < -0.39 is 17.7 Å². The Morgan fingerprint density at radius 2 is 1.77 bits per heavy atom. The van der Waals surface area contributed by atoms with E-state index in [1.165, 1.54) is 4.90 Å². The zero-order valence-electron chi connectivity index (χ0n) is 15.8. The Kier molecular flexibility index (Phi) is 6.07. The molecule has 2 atom stereocenters. The van der Waals surface area contributed by atoms with Gasteiger partial charge in [0.2, 0.25) is 0 Å². The highest BCUT2D eigenvalue weighted by Gasteiger charge is 2.47. The number of rotatable bonds is 4. The van der Waals surface area contributed by atoms with Gasteiger partial charge in [0.05, 0.1) is 17.7 Å². The van der Waals surface area contributed by atoms with E-state index in [1.54, 1.807) is 42.5 Å². The van der Waals surface area contributed by atoms with Crippen LogP contribution in [0.25, 0.3) is 5.76 Å². The Hall–Kier alpha value is -2.05. The fraction of sp³-hybridized carbons (Fsp3) is 0.273. The van der Waals surface area contributed by atoms with Crippen LogP contribution in [0.3, 0.4) is 0 Å². The molecule has 0 saturated carbocycles. The number of aliphatic hydroxyl groups excluding tert-OH is 1. The summed E-state index contributed by atoms with van der Waals surface area (Å²) in [6.45, 7) is 0.845. The summed E-state index contributed by atoms with van der Waals surface area (Å²) in [6.07, 6.45) is 1.51. The fourth-order valence-electron chi connectivity index (χ4n) is 3.89. The molecule has 5 nitrogen and oxygen atoms in total. The molecule has 2 aromatic rings. The van der Waals surface area contributed by atoms with Crippen LogP contribution in [0, 0.1) is 0 Å². The van der Waals surface area contributed by atoms with Gasteiger partial charge in [-0.2, -0.15) is 0 Å². The number of nitrogens with zero attached hydrogens (tertiary/aromatic N) is 1. The summed E-state index contributed by atoms with van der Waals surface area (Å²) in [4.78, 5) is 27.4. The lowest BCUT2D eigenvalue weighted by Gasteiger charge is -2.28. The minimum atomic E-state index is -0.852. The predicted molar refractivity (Wildman–Crippen MR) is 116 cm³/mol. The molecule has 4 rings (SSSR count). The standard InChI is InChI=1S/C22H18Cl3NO4/c23-13-5-3-12(4-6-13)20(27)18-19(16-8-7-14(24)10-17(16)25)26(22(29)21(18)28)11-15-2-1-9-30-15/h3-8,10,15,19,27H,1-2,9,11H2/b20-18+. The molecule has 0 spiro atoms. The first kappa shape index (κ1) is 21.2. The van der Waals surface area contributed by atoms with Crippen LogP contribution in [0.15, 0.2) is 48.0 Å². The second kappa shape index (κ2) is 8.60. The van der Waals surface area contributed by atoms with Crippen molar-refractivity contribution in [3.8, 4) is 0 Å². The van der Waals surface area contributed by atoms with Gasteiger partial charge < -0.3 is 14.7 Å². The molecule has 2 aliphatic rings. The zero-order chi connectivity index (χ0) is 21.4. The first-order valence-electron chi connectivity index (χ1n) is 9.47. The van der Waals surface area contributed by atoms with Gasteiger partial charge in [-0.05, 0) is 54.8 Å². The number of hydrogen-bond acceptors (Lipinski definition) is 4. The van der Waals surface area contributed by atoms with Gasteiger partial charge in [-0.3, -0.25) is 9.59 Å². The average Bonchev–Trinajstić information content (AvgIpc) is 3.31. The number of likely N-dealkylation sites (tertiary alicyclic amines) is 1. The number of ketones is 1. The molecule has 2 aromatic carbocycles. The number of halogens is 3. The Labute approximate surface area is 188 Å². The van der Waals surface area contributed by atoms with Gasteiger partial charge in [0.1, 0.15) is 5.76 Å². The van der Waals surface area contributed by atoms with E-state index in [9.17, 15) is 14.7 Å². The fourth-order valence-corrected chi connectivity index (χ4v) is 4.52. The minimum absolute atomic E-state index is 0.0236. The van der Waals surface area contributed by atoms with E-state index in [0.717, 1.165) is 12.8 Å². The molecular weight excluding hydrogens is 449 g/mol. The van der Waals surface area contributed by atoms with Gasteiger partial charge in [-0.25, -0.2) is 0 Å². The van der Waals surface area contributed by atoms with E-state index in [2.05, 4.69) is 0 Å². The summed E-state index contributed by atoms with van der Waals surface area (Å²) in [5.74, 6) is -1.75. The van der Waals surface area contributed by atoms with Crippen LogP contribution in [0.4, 0.5) is 0 Å². The first-order valence-corrected chi connectivity index (χ1v) is 10.6. The summed E-state index contributed by atoms with van der Waals surface area (Å²) in [7, 11) is 0. The van der Waals surface area contributed by atoms with E-state index in [4.69, 9.17) is 39.5 Å². The quantitative estimate of drug-likeness (QED) is 0.380.